The van der Waals surface area contributed by atoms with Crippen molar-refractivity contribution >= 4 is 5.91 Å². The number of nitrogens with zero attached hydrogens (tertiary/aromatic N) is 3. The highest BCUT2D eigenvalue weighted by atomic mass is 16.5. The van der Waals surface area contributed by atoms with E-state index in [9.17, 15) is 4.79 Å². The van der Waals surface area contributed by atoms with Crippen LogP contribution in [-0.2, 0) is 11.3 Å². The Balaban J connectivity index is 1.70. The molecular weight excluding hydrogens is 398 g/mol. The molecule has 0 spiro atoms. The molecule has 0 aliphatic carbocycles. The Morgan fingerprint density at radius 1 is 1.06 bits per heavy atom. The lowest BCUT2D eigenvalue weighted by Crippen LogP contribution is -2.39. The van der Waals surface area contributed by atoms with Gasteiger partial charge < -0.3 is 23.6 Å². The highest BCUT2D eigenvalue weighted by Crippen LogP contribution is 2.31. The minimum atomic E-state index is -0.163. The van der Waals surface area contributed by atoms with Crippen LogP contribution in [0.2, 0.25) is 0 Å². The van der Waals surface area contributed by atoms with E-state index in [1.54, 1.807) is 31.3 Å². The number of amides is 1. The summed E-state index contributed by atoms with van der Waals surface area (Å²) in [5, 5.41) is 4.04. The molecule has 0 fully saturated rings. The van der Waals surface area contributed by atoms with Crippen LogP contribution < -0.4 is 14.2 Å². The van der Waals surface area contributed by atoms with E-state index in [-0.39, 0.29) is 25.1 Å². The van der Waals surface area contributed by atoms with Gasteiger partial charge in [-0.15, -0.1) is 0 Å². The van der Waals surface area contributed by atoms with Crippen LogP contribution in [0.25, 0.3) is 11.4 Å². The van der Waals surface area contributed by atoms with Gasteiger partial charge in [0.1, 0.15) is 12.3 Å². The molecule has 3 aromatic rings. The molecule has 1 amide bonds. The highest BCUT2D eigenvalue weighted by Gasteiger charge is 2.22. The predicted molar refractivity (Wildman–Crippen MR) is 115 cm³/mol. The molecule has 0 saturated carbocycles. The molecule has 0 radical (unpaired) electrons. The summed E-state index contributed by atoms with van der Waals surface area (Å²) in [4.78, 5) is 18.9. The van der Waals surface area contributed by atoms with Gasteiger partial charge in [0.25, 0.3) is 5.91 Å². The fraction of sp³-hybridized carbons (Fsp3) is 0.348. The van der Waals surface area contributed by atoms with Crippen molar-refractivity contribution < 1.29 is 23.5 Å². The van der Waals surface area contributed by atoms with Gasteiger partial charge in [-0.25, -0.2) is 0 Å². The van der Waals surface area contributed by atoms with Crippen LogP contribution in [0.1, 0.15) is 25.3 Å². The van der Waals surface area contributed by atoms with Gasteiger partial charge in [-0.3, -0.25) is 4.79 Å². The Hall–Kier alpha value is -3.55. The largest absolute Gasteiger partial charge is 0.493 e. The third kappa shape index (κ3) is 5.33. The number of carbonyl (C=O) groups excluding carboxylic acids is 1. The van der Waals surface area contributed by atoms with E-state index in [1.807, 2.05) is 51.1 Å². The number of aryl methyl sites for hydroxylation is 1. The first-order valence-corrected chi connectivity index (χ1v) is 9.95. The number of rotatable bonds is 9. The summed E-state index contributed by atoms with van der Waals surface area (Å²) in [6.07, 6.45) is 0. The van der Waals surface area contributed by atoms with Crippen LogP contribution >= 0.6 is 0 Å². The van der Waals surface area contributed by atoms with Gasteiger partial charge in [-0.2, -0.15) is 4.98 Å². The number of carbonyl (C=O) groups is 1. The summed E-state index contributed by atoms with van der Waals surface area (Å²) in [7, 11) is 3.14. The van der Waals surface area contributed by atoms with Crippen molar-refractivity contribution in [1.29, 1.82) is 0 Å². The molecular formula is C23H27N3O5. The van der Waals surface area contributed by atoms with Crippen molar-refractivity contribution in [3.05, 3.63) is 53.9 Å². The molecule has 8 heteroatoms. The quantitative estimate of drug-likeness (QED) is 0.514. The average molecular weight is 425 g/mol. The van der Waals surface area contributed by atoms with Gasteiger partial charge in [0.15, 0.2) is 18.1 Å². The number of para-hydroxylation sites is 1. The van der Waals surface area contributed by atoms with Gasteiger partial charge in [0, 0.05) is 11.6 Å². The maximum atomic E-state index is 12.8. The van der Waals surface area contributed by atoms with Crippen LogP contribution in [-0.4, -0.2) is 47.8 Å². The van der Waals surface area contributed by atoms with Crippen LogP contribution in [0.3, 0.4) is 0 Å². The molecule has 3 rings (SSSR count). The molecule has 31 heavy (non-hydrogen) atoms. The van der Waals surface area contributed by atoms with Gasteiger partial charge >= 0.3 is 0 Å². The smallest absolute Gasteiger partial charge is 0.261 e. The summed E-state index contributed by atoms with van der Waals surface area (Å²) < 4.78 is 21.7. The lowest BCUT2D eigenvalue weighted by Gasteiger charge is -2.25. The average Bonchev–Trinajstić information content (AvgIpc) is 3.24. The summed E-state index contributed by atoms with van der Waals surface area (Å²) in [6, 6.07) is 12.9. The minimum Gasteiger partial charge on any atom is -0.493 e. The second-order valence-electron chi connectivity index (χ2n) is 7.25. The highest BCUT2D eigenvalue weighted by molar-refractivity contribution is 5.78. The van der Waals surface area contributed by atoms with Gasteiger partial charge in [-0.05, 0) is 50.6 Å². The lowest BCUT2D eigenvalue weighted by molar-refractivity contribution is -0.136. The van der Waals surface area contributed by atoms with Crippen LogP contribution in [0.5, 0.6) is 17.2 Å². The lowest BCUT2D eigenvalue weighted by atomic mass is 10.2. The normalized spacial score (nSPS) is 10.8. The topological polar surface area (TPSA) is 86.9 Å². The summed E-state index contributed by atoms with van der Waals surface area (Å²) in [6.45, 7) is 5.91. The third-order valence-corrected chi connectivity index (χ3v) is 4.80. The molecule has 0 bridgehead atoms. The molecule has 8 nitrogen and oxygen atoms in total. The Bertz CT molecular complexity index is 1030. The molecule has 1 heterocycles. The second-order valence-corrected chi connectivity index (χ2v) is 7.25. The van der Waals surface area contributed by atoms with E-state index in [2.05, 4.69) is 10.1 Å². The first-order chi connectivity index (χ1) is 14.9. The minimum absolute atomic E-state index is 0.0654. The Kier molecular flexibility index (Phi) is 7.12. The summed E-state index contributed by atoms with van der Waals surface area (Å²) >= 11 is 0. The zero-order valence-corrected chi connectivity index (χ0v) is 18.4. The second kappa shape index (κ2) is 9.97. The Labute approximate surface area is 181 Å². The first kappa shape index (κ1) is 22.1. The van der Waals surface area contributed by atoms with Crippen LogP contribution in [0, 0.1) is 6.92 Å². The van der Waals surface area contributed by atoms with Crippen molar-refractivity contribution in [2.75, 3.05) is 20.8 Å². The zero-order chi connectivity index (χ0) is 22.4. The molecule has 0 aliphatic rings. The number of benzene rings is 2. The van der Waals surface area contributed by atoms with Gasteiger partial charge in [-0.1, -0.05) is 23.4 Å². The number of hydrogen-bond acceptors (Lipinski definition) is 7. The standard InChI is InChI=1S/C23H27N3O5/c1-15(2)26(22(27)14-30-18-9-7-6-8-16(18)3)13-21-24-23(25-31-21)17-10-11-19(28-4)20(12-17)29-5/h6-12,15H,13-14H2,1-5H3. The first-order valence-electron chi connectivity index (χ1n) is 9.95. The SMILES string of the molecule is COc1ccc(-c2noc(CN(C(=O)COc3ccccc3C)C(C)C)n2)cc1OC. The van der Waals surface area contributed by atoms with Crippen molar-refractivity contribution in [1.82, 2.24) is 15.0 Å². The van der Waals surface area contributed by atoms with Crippen molar-refractivity contribution in [3.8, 4) is 28.6 Å². The van der Waals surface area contributed by atoms with Gasteiger partial charge in [0.05, 0.1) is 14.2 Å². The van der Waals surface area contributed by atoms with Crippen LogP contribution in [0.4, 0.5) is 0 Å². The van der Waals surface area contributed by atoms with E-state index in [0.717, 1.165) is 11.1 Å². The van der Waals surface area contributed by atoms with Crippen molar-refractivity contribution in [3.63, 3.8) is 0 Å². The van der Waals surface area contributed by atoms with E-state index >= 15 is 0 Å². The Morgan fingerprint density at radius 2 is 1.81 bits per heavy atom. The maximum absolute atomic E-state index is 12.8. The van der Waals surface area contributed by atoms with Crippen molar-refractivity contribution in [2.24, 2.45) is 0 Å². The molecule has 0 atom stereocenters. The number of aromatic nitrogens is 2. The monoisotopic (exact) mass is 425 g/mol. The molecule has 2 aromatic carbocycles. The molecule has 0 unspecified atom stereocenters. The molecule has 1 aromatic heterocycles. The van der Waals surface area contributed by atoms with Gasteiger partial charge in [0.2, 0.25) is 11.7 Å². The number of hydrogen-bond donors (Lipinski definition) is 0. The predicted octanol–water partition coefficient (Wildman–Crippen LogP) is 3.88. The fourth-order valence-corrected chi connectivity index (χ4v) is 3.06. The molecule has 0 N–H and O–H groups in total. The number of ether oxygens (including phenoxy) is 3. The van der Waals surface area contributed by atoms with Crippen LogP contribution in [0.15, 0.2) is 47.0 Å². The third-order valence-electron chi connectivity index (χ3n) is 4.80. The van der Waals surface area contributed by atoms with E-state index in [4.69, 9.17) is 18.7 Å². The summed E-state index contributed by atoms with van der Waals surface area (Å²) in [5.41, 5.74) is 1.70. The van der Waals surface area contributed by atoms with E-state index in [1.165, 1.54) is 0 Å². The summed E-state index contributed by atoms with van der Waals surface area (Å²) in [5.74, 6) is 2.45. The Morgan fingerprint density at radius 3 is 2.48 bits per heavy atom. The zero-order valence-electron chi connectivity index (χ0n) is 18.4. The number of methoxy groups -OCH3 is 2. The maximum Gasteiger partial charge on any atom is 0.261 e. The fourth-order valence-electron chi connectivity index (χ4n) is 3.06. The molecule has 164 valence electrons. The van der Waals surface area contributed by atoms with E-state index in [0.29, 0.717) is 29.0 Å². The van der Waals surface area contributed by atoms with Crippen molar-refractivity contribution in [2.45, 2.75) is 33.4 Å². The molecule has 0 saturated heterocycles. The molecule has 0 aliphatic heterocycles. The van der Waals surface area contributed by atoms with E-state index < -0.39 is 0 Å².